The highest BCUT2D eigenvalue weighted by Gasteiger charge is 2.33. The Morgan fingerprint density at radius 2 is 2.29 bits per heavy atom. The molecule has 0 radical (unpaired) electrons. The van der Waals surface area contributed by atoms with E-state index in [9.17, 15) is 14.0 Å². The van der Waals surface area contributed by atoms with Crippen LogP contribution in [0.3, 0.4) is 0 Å². The molecule has 0 aromatic carbocycles. The number of hydrogen-bond acceptors (Lipinski definition) is 8. The van der Waals surface area contributed by atoms with E-state index in [1.807, 2.05) is 0 Å². The lowest BCUT2D eigenvalue weighted by molar-refractivity contribution is -1.91. The quantitative estimate of drug-likeness (QED) is 0.533. The van der Waals surface area contributed by atoms with Crippen molar-refractivity contribution in [1.82, 2.24) is 0 Å². The normalized spacial score (nSPS) is 20.8. The number of halogens is 1. The smallest absolute Gasteiger partial charge is 0.204 e. The second-order valence-corrected chi connectivity index (χ2v) is 7.75. The molecule has 1 unspecified atom stereocenters. The van der Waals surface area contributed by atoms with E-state index < -0.39 is 20.0 Å². The van der Waals surface area contributed by atoms with Gasteiger partial charge < -0.3 is 4.42 Å². The van der Waals surface area contributed by atoms with Crippen molar-refractivity contribution in [2.45, 2.75) is 0 Å². The summed E-state index contributed by atoms with van der Waals surface area (Å²) in [4.78, 5) is 4.48. The van der Waals surface area contributed by atoms with Crippen LogP contribution in [-0.2, 0) is 3.74 Å². The van der Waals surface area contributed by atoms with Crippen molar-refractivity contribution in [3.8, 4) is 0 Å². The average molecular weight is 316 g/mol. The first kappa shape index (κ1) is 13.4. The van der Waals surface area contributed by atoms with Gasteiger partial charge in [-0.25, -0.2) is 4.99 Å². The Balaban J connectivity index is 2.31. The van der Waals surface area contributed by atoms with Gasteiger partial charge in [-0.05, 0) is 18.4 Å². The Kier molecular flexibility index (Phi) is 4.21. The van der Waals surface area contributed by atoms with Crippen molar-refractivity contribution in [3.05, 3.63) is 24.2 Å². The Bertz CT molecular complexity index is 466. The minimum Gasteiger partial charge on any atom is -0.462 e. The van der Waals surface area contributed by atoms with Gasteiger partial charge in [0, 0.05) is 10.8 Å². The topological polar surface area (TPSA) is 104 Å². The third-order valence-corrected chi connectivity index (χ3v) is 6.98. The van der Waals surface area contributed by atoms with Crippen LogP contribution in [0.2, 0.25) is 0 Å². The lowest BCUT2D eigenvalue weighted by atomic mass is 10.4. The minimum atomic E-state index is -4.49. The standard InChI is InChI=1S/C7H6ClNO5S3/c1-15-7-9-6(5-3-2-4-13-5)17(16-7)14-8(10,11)12/h2-4H,1H3. The van der Waals surface area contributed by atoms with E-state index in [1.54, 1.807) is 18.4 Å². The maximum absolute atomic E-state index is 10.6. The molecule has 1 aromatic rings. The van der Waals surface area contributed by atoms with Crippen LogP contribution in [0.1, 0.15) is 5.76 Å². The number of furan rings is 1. The summed E-state index contributed by atoms with van der Waals surface area (Å²) in [5, 5.41) is 0. The summed E-state index contributed by atoms with van der Waals surface area (Å²) in [6.07, 6.45) is 3.23. The lowest BCUT2D eigenvalue weighted by Crippen LogP contribution is -2.60. The molecule has 1 aromatic heterocycles. The van der Waals surface area contributed by atoms with E-state index in [2.05, 4.69) is 8.73 Å². The molecule has 0 saturated heterocycles. The zero-order valence-corrected chi connectivity index (χ0v) is 11.5. The van der Waals surface area contributed by atoms with Crippen LogP contribution in [0.15, 0.2) is 27.8 Å². The fourth-order valence-corrected chi connectivity index (χ4v) is 6.29. The molecule has 0 N–H and O–H groups in total. The third-order valence-electron chi connectivity index (χ3n) is 1.54. The Hall–Kier alpha value is -0.000000000000000111. The molecule has 10 heteroatoms. The van der Waals surface area contributed by atoms with Crippen molar-refractivity contribution < 1.29 is 32.4 Å². The van der Waals surface area contributed by atoms with Crippen molar-refractivity contribution in [2.75, 3.05) is 6.26 Å². The molecule has 0 amide bonds. The van der Waals surface area contributed by atoms with Gasteiger partial charge in [-0.15, -0.1) is 11.8 Å². The molecule has 0 fully saturated rings. The first-order valence-corrected chi connectivity index (χ1v) is 9.01. The summed E-state index contributed by atoms with van der Waals surface area (Å²) in [6.45, 7) is 0. The second-order valence-electron chi connectivity index (χ2n) is 2.62. The van der Waals surface area contributed by atoms with Crippen LogP contribution in [0.4, 0.5) is 0 Å². The first-order chi connectivity index (χ1) is 7.99. The second kappa shape index (κ2) is 5.33. The maximum atomic E-state index is 10.6. The van der Waals surface area contributed by atoms with E-state index in [0.29, 0.717) is 15.1 Å². The molecule has 1 aliphatic rings. The number of nitrogens with zero attached hydrogens (tertiary/aromatic N) is 1. The number of thioether (sulfide) groups is 1. The van der Waals surface area contributed by atoms with Crippen molar-refractivity contribution in [1.29, 1.82) is 0 Å². The van der Waals surface area contributed by atoms with E-state index in [-0.39, 0.29) is 0 Å². The molecule has 1 atom stereocenters. The predicted molar refractivity (Wildman–Crippen MR) is 60.0 cm³/mol. The Labute approximate surface area is 109 Å². The van der Waals surface area contributed by atoms with Gasteiger partial charge in [0.25, 0.3) is 0 Å². The van der Waals surface area contributed by atoms with Crippen molar-refractivity contribution >= 4 is 41.7 Å². The van der Waals surface area contributed by atoms with Crippen LogP contribution in [0.5, 0.6) is 0 Å². The van der Waals surface area contributed by atoms with Gasteiger partial charge in [0.1, 0.15) is 8.11 Å². The third kappa shape index (κ3) is 3.48. The molecule has 0 saturated carbocycles. The molecule has 0 bridgehead atoms. The summed E-state index contributed by atoms with van der Waals surface area (Å²) in [5.74, 6) is 0.392. The van der Waals surface area contributed by atoms with E-state index in [0.717, 1.165) is 10.8 Å². The van der Waals surface area contributed by atoms with Crippen LogP contribution in [0, 0.1) is 10.2 Å². The van der Waals surface area contributed by atoms with Gasteiger partial charge >= 0.3 is 0 Å². The monoisotopic (exact) mass is 315 g/mol. The van der Waals surface area contributed by atoms with Gasteiger partial charge in [0.05, 0.1) is 16.5 Å². The SMILES string of the molecule is CSC1=NC(c2ccco2)=S(O[Cl+3]([O-])([O-])[O-])S1. The van der Waals surface area contributed by atoms with Gasteiger partial charge in [-0.2, -0.15) is 14.0 Å². The largest absolute Gasteiger partial charge is 0.462 e. The molecular weight excluding hydrogens is 310 g/mol. The molecule has 6 nitrogen and oxygen atoms in total. The highest BCUT2D eigenvalue weighted by molar-refractivity contribution is 8.91. The maximum Gasteiger partial charge on any atom is 0.204 e. The Morgan fingerprint density at radius 3 is 2.82 bits per heavy atom. The average Bonchev–Trinajstić information content (AvgIpc) is 2.82. The lowest BCUT2D eigenvalue weighted by Gasteiger charge is -2.11. The summed E-state index contributed by atoms with van der Waals surface area (Å²) in [5.41, 5.74) is 0. The number of aliphatic imine (C=N–C) groups is 1. The minimum absolute atomic E-state index is 0.316. The summed E-state index contributed by atoms with van der Waals surface area (Å²) in [7, 11) is -4.70. The summed E-state index contributed by atoms with van der Waals surface area (Å²) in [6, 6.07) is 3.27. The van der Waals surface area contributed by atoms with Crippen LogP contribution >= 0.6 is 32.4 Å². The number of rotatable bonds is 3. The Morgan fingerprint density at radius 1 is 1.53 bits per heavy atom. The molecule has 0 aliphatic carbocycles. The fraction of sp³-hybridized carbons (Fsp3) is 0.143. The first-order valence-electron chi connectivity index (χ1n) is 4.06. The number of hydrogen-bond donors (Lipinski definition) is 0. The highest BCUT2D eigenvalue weighted by atomic mass is 35.7. The fourth-order valence-electron chi connectivity index (χ4n) is 0.973. The molecule has 0 spiro atoms. The molecule has 2 rings (SSSR count). The van der Waals surface area contributed by atoms with E-state index >= 15 is 0 Å². The van der Waals surface area contributed by atoms with Crippen LogP contribution in [0.25, 0.3) is 0 Å². The van der Waals surface area contributed by atoms with Gasteiger partial charge in [0.2, 0.25) is 9.80 Å². The van der Waals surface area contributed by atoms with E-state index in [4.69, 9.17) is 4.42 Å². The highest BCUT2D eigenvalue weighted by Crippen LogP contribution is 2.45. The zero-order valence-electron chi connectivity index (χ0n) is 8.32. The zero-order chi connectivity index (χ0) is 12.5. The van der Waals surface area contributed by atoms with E-state index in [1.165, 1.54) is 18.0 Å². The van der Waals surface area contributed by atoms with Crippen LogP contribution in [-0.4, -0.2) is 15.6 Å². The molecule has 2 heterocycles. The molecule has 1 aliphatic heterocycles. The summed E-state index contributed by atoms with van der Waals surface area (Å²) >= 11 is 1.34. The molecule has 17 heavy (non-hydrogen) atoms. The van der Waals surface area contributed by atoms with Gasteiger partial charge in [0.15, 0.2) is 10.7 Å². The molecular formula is C7H6ClNO5S3. The van der Waals surface area contributed by atoms with Gasteiger partial charge in [-0.1, -0.05) is 0 Å². The molecule has 94 valence electrons. The van der Waals surface area contributed by atoms with Gasteiger partial charge in [-0.3, -0.25) is 0 Å². The predicted octanol–water partition coefficient (Wildman–Crippen LogP) is -0.764. The van der Waals surface area contributed by atoms with Crippen LogP contribution < -0.4 is 14.0 Å². The summed E-state index contributed by atoms with van der Waals surface area (Å²) < 4.78 is 41.9. The van der Waals surface area contributed by atoms with Crippen molar-refractivity contribution in [3.63, 3.8) is 0 Å². The van der Waals surface area contributed by atoms with Crippen molar-refractivity contribution in [2.24, 2.45) is 4.99 Å².